The summed E-state index contributed by atoms with van der Waals surface area (Å²) in [6, 6.07) is 13.4. The van der Waals surface area contributed by atoms with E-state index in [4.69, 9.17) is 4.74 Å². The lowest BCUT2D eigenvalue weighted by atomic mass is 10.1. The summed E-state index contributed by atoms with van der Waals surface area (Å²) in [5, 5.41) is -0.251. The second-order valence-electron chi connectivity index (χ2n) is 6.25. The van der Waals surface area contributed by atoms with Gasteiger partial charge in [0.1, 0.15) is 5.75 Å². The van der Waals surface area contributed by atoms with E-state index in [1.54, 1.807) is 6.20 Å². The lowest BCUT2D eigenvalue weighted by molar-refractivity contribution is 0.222. The third kappa shape index (κ3) is 4.55. The first kappa shape index (κ1) is 16.9. The average Bonchev–Trinajstić information content (AvgIpc) is 2.56. The Labute approximate surface area is 143 Å². The van der Waals surface area contributed by atoms with Gasteiger partial charge in [-0.3, -0.25) is 4.90 Å². The van der Waals surface area contributed by atoms with E-state index in [1.807, 2.05) is 42.5 Å². The molecule has 0 spiro atoms. The van der Waals surface area contributed by atoms with Crippen LogP contribution in [0.2, 0.25) is 0 Å². The van der Waals surface area contributed by atoms with Gasteiger partial charge in [-0.2, -0.15) is 0 Å². The number of rotatable bonds is 5. The summed E-state index contributed by atoms with van der Waals surface area (Å²) in [4.78, 5) is 6.36. The van der Waals surface area contributed by atoms with Crippen molar-refractivity contribution in [1.29, 1.82) is 0 Å². The molecule has 0 bridgehead atoms. The van der Waals surface area contributed by atoms with Crippen LogP contribution in [0.25, 0.3) is 0 Å². The van der Waals surface area contributed by atoms with Crippen LogP contribution >= 0.6 is 0 Å². The minimum atomic E-state index is -2.97. The molecule has 1 aliphatic heterocycles. The molecule has 24 heavy (non-hydrogen) atoms. The van der Waals surface area contributed by atoms with Crippen LogP contribution in [0.1, 0.15) is 18.4 Å². The van der Waals surface area contributed by atoms with E-state index < -0.39 is 9.84 Å². The molecule has 1 fully saturated rings. The van der Waals surface area contributed by atoms with Crippen LogP contribution in [0, 0.1) is 0 Å². The number of ether oxygens (including phenoxy) is 1. The van der Waals surface area contributed by atoms with Crippen molar-refractivity contribution >= 4 is 9.84 Å². The van der Waals surface area contributed by atoms with Crippen molar-refractivity contribution in [3.05, 3.63) is 54.2 Å². The fourth-order valence-electron chi connectivity index (χ4n) is 3.00. The molecule has 5 nitrogen and oxygen atoms in total. The quantitative estimate of drug-likeness (QED) is 0.833. The summed E-state index contributed by atoms with van der Waals surface area (Å²) < 4.78 is 29.3. The highest BCUT2D eigenvalue weighted by Crippen LogP contribution is 2.23. The Kier molecular flexibility index (Phi) is 5.16. The Morgan fingerprint density at radius 1 is 1.25 bits per heavy atom. The van der Waals surface area contributed by atoms with E-state index in [1.165, 1.54) is 6.26 Å². The zero-order valence-corrected chi connectivity index (χ0v) is 14.6. The molecule has 3 rings (SSSR count). The molecule has 128 valence electrons. The summed E-state index contributed by atoms with van der Waals surface area (Å²) in [5.41, 5.74) is 1.11. The molecule has 1 aromatic heterocycles. The second kappa shape index (κ2) is 7.32. The topological polar surface area (TPSA) is 59.5 Å². The first-order valence-corrected chi connectivity index (χ1v) is 10.1. The Morgan fingerprint density at radius 3 is 2.88 bits per heavy atom. The van der Waals surface area contributed by atoms with Gasteiger partial charge in [0.05, 0.1) is 5.25 Å². The summed E-state index contributed by atoms with van der Waals surface area (Å²) in [7, 11) is -2.97. The zero-order chi connectivity index (χ0) is 17.0. The average molecular weight is 346 g/mol. The number of likely N-dealkylation sites (tertiary alicyclic amines) is 1. The van der Waals surface area contributed by atoms with Crippen molar-refractivity contribution in [2.24, 2.45) is 0 Å². The Hall–Kier alpha value is -1.92. The summed E-state index contributed by atoms with van der Waals surface area (Å²) in [6.07, 6.45) is 4.71. The molecule has 0 aliphatic carbocycles. The number of piperidine rings is 1. The first-order chi connectivity index (χ1) is 11.5. The monoisotopic (exact) mass is 346 g/mol. The van der Waals surface area contributed by atoms with E-state index in [0.29, 0.717) is 12.4 Å². The SMILES string of the molecule is CS(=O)(=O)C1CCCN(Cc2cccc(Oc3ccccn3)c2)C1. The number of aromatic nitrogens is 1. The van der Waals surface area contributed by atoms with Crippen molar-refractivity contribution < 1.29 is 13.2 Å². The zero-order valence-electron chi connectivity index (χ0n) is 13.8. The van der Waals surface area contributed by atoms with E-state index >= 15 is 0 Å². The summed E-state index contributed by atoms with van der Waals surface area (Å²) in [5.74, 6) is 1.30. The molecule has 2 aromatic rings. The molecule has 1 atom stereocenters. The Morgan fingerprint density at radius 2 is 2.12 bits per heavy atom. The smallest absolute Gasteiger partial charge is 0.219 e. The molecule has 1 aromatic carbocycles. The number of nitrogens with zero attached hydrogens (tertiary/aromatic N) is 2. The highest BCUT2D eigenvalue weighted by Gasteiger charge is 2.27. The summed E-state index contributed by atoms with van der Waals surface area (Å²) in [6.45, 7) is 2.26. The molecular weight excluding hydrogens is 324 g/mol. The molecule has 0 amide bonds. The van der Waals surface area contributed by atoms with Gasteiger partial charge in [-0.05, 0) is 43.1 Å². The minimum Gasteiger partial charge on any atom is -0.439 e. The predicted molar refractivity (Wildman–Crippen MR) is 93.9 cm³/mol. The first-order valence-electron chi connectivity index (χ1n) is 8.10. The third-order valence-electron chi connectivity index (χ3n) is 4.23. The number of hydrogen-bond donors (Lipinski definition) is 0. The molecule has 2 heterocycles. The van der Waals surface area contributed by atoms with Crippen molar-refractivity contribution in [2.75, 3.05) is 19.3 Å². The van der Waals surface area contributed by atoms with E-state index in [-0.39, 0.29) is 5.25 Å². The van der Waals surface area contributed by atoms with Gasteiger partial charge < -0.3 is 4.74 Å². The fraction of sp³-hybridized carbons (Fsp3) is 0.389. The van der Waals surface area contributed by atoms with Crippen LogP contribution in [0.4, 0.5) is 0 Å². The third-order valence-corrected chi connectivity index (χ3v) is 5.83. The van der Waals surface area contributed by atoms with Gasteiger partial charge in [0, 0.05) is 31.6 Å². The number of benzene rings is 1. The molecule has 6 heteroatoms. The van der Waals surface area contributed by atoms with Gasteiger partial charge in [-0.15, -0.1) is 0 Å². The van der Waals surface area contributed by atoms with Crippen molar-refractivity contribution in [1.82, 2.24) is 9.88 Å². The highest BCUT2D eigenvalue weighted by atomic mass is 32.2. The molecule has 0 radical (unpaired) electrons. The van der Waals surface area contributed by atoms with E-state index in [0.717, 1.165) is 37.2 Å². The maximum atomic E-state index is 11.8. The Balaban J connectivity index is 1.66. The van der Waals surface area contributed by atoms with Gasteiger partial charge in [-0.1, -0.05) is 18.2 Å². The molecular formula is C18H22N2O3S. The van der Waals surface area contributed by atoms with Crippen LogP contribution in [0.15, 0.2) is 48.7 Å². The maximum absolute atomic E-state index is 11.8. The predicted octanol–water partition coefficient (Wildman–Crippen LogP) is 2.88. The standard InChI is InChI=1S/C18H22N2O3S/c1-24(21,22)17-8-5-11-20(14-17)13-15-6-4-7-16(12-15)23-18-9-2-3-10-19-18/h2-4,6-7,9-10,12,17H,5,8,11,13-14H2,1H3. The highest BCUT2D eigenvalue weighted by molar-refractivity contribution is 7.91. The minimum absolute atomic E-state index is 0.251. The van der Waals surface area contributed by atoms with Crippen LogP contribution in [0.3, 0.4) is 0 Å². The number of sulfone groups is 1. The van der Waals surface area contributed by atoms with Crippen molar-refractivity contribution in [3.8, 4) is 11.6 Å². The van der Waals surface area contributed by atoms with Crippen LogP contribution in [-0.2, 0) is 16.4 Å². The number of hydrogen-bond acceptors (Lipinski definition) is 5. The van der Waals surface area contributed by atoms with Gasteiger partial charge in [0.2, 0.25) is 5.88 Å². The maximum Gasteiger partial charge on any atom is 0.219 e. The fourth-order valence-corrected chi connectivity index (χ4v) is 4.08. The molecule has 1 aliphatic rings. The van der Waals surface area contributed by atoms with Crippen molar-refractivity contribution in [3.63, 3.8) is 0 Å². The molecule has 1 saturated heterocycles. The molecule has 0 N–H and O–H groups in total. The molecule has 0 saturated carbocycles. The van der Waals surface area contributed by atoms with Gasteiger partial charge in [0.25, 0.3) is 0 Å². The van der Waals surface area contributed by atoms with E-state index in [2.05, 4.69) is 9.88 Å². The van der Waals surface area contributed by atoms with Crippen molar-refractivity contribution in [2.45, 2.75) is 24.6 Å². The Bertz CT molecular complexity index is 778. The van der Waals surface area contributed by atoms with E-state index in [9.17, 15) is 8.42 Å². The van der Waals surface area contributed by atoms with Gasteiger partial charge in [-0.25, -0.2) is 13.4 Å². The van der Waals surface area contributed by atoms with Crippen LogP contribution in [-0.4, -0.2) is 42.9 Å². The number of pyridine rings is 1. The summed E-state index contributed by atoms with van der Waals surface area (Å²) >= 11 is 0. The largest absolute Gasteiger partial charge is 0.439 e. The van der Waals surface area contributed by atoms with Gasteiger partial charge in [0.15, 0.2) is 9.84 Å². The second-order valence-corrected chi connectivity index (χ2v) is 8.57. The normalized spacial score (nSPS) is 19.1. The van der Waals surface area contributed by atoms with Crippen LogP contribution in [0.5, 0.6) is 11.6 Å². The lowest BCUT2D eigenvalue weighted by Gasteiger charge is -2.31. The van der Waals surface area contributed by atoms with Crippen LogP contribution < -0.4 is 4.74 Å². The molecule has 1 unspecified atom stereocenters. The lowest BCUT2D eigenvalue weighted by Crippen LogP contribution is -2.41. The van der Waals surface area contributed by atoms with Gasteiger partial charge >= 0.3 is 0 Å².